The van der Waals surface area contributed by atoms with Gasteiger partial charge in [-0.25, -0.2) is 4.79 Å². The number of fused-ring (bicyclic) bond motifs is 2. The van der Waals surface area contributed by atoms with Crippen molar-refractivity contribution in [3.05, 3.63) is 29.3 Å². The number of carbonyl (C=O) groups excluding carboxylic acids is 1. The number of carbonyl (C=O) groups is 1. The van der Waals surface area contributed by atoms with Crippen molar-refractivity contribution in [2.45, 2.75) is 52.5 Å². The van der Waals surface area contributed by atoms with E-state index in [0.29, 0.717) is 5.92 Å². The van der Waals surface area contributed by atoms with Gasteiger partial charge in [-0.3, -0.25) is 0 Å². The second-order valence-corrected chi connectivity index (χ2v) is 6.97. The van der Waals surface area contributed by atoms with Crippen LogP contribution in [-0.2, 0) is 0 Å². The Bertz CT molecular complexity index is 540. The molecular weight excluding hydrogens is 260 g/mol. The molecule has 3 rings (SSSR count). The Morgan fingerprint density at radius 1 is 1.24 bits per heavy atom. The minimum atomic E-state index is -0.0704. The number of hydrogen-bond donors (Lipinski definition) is 2. The third-order valence-electron chi connectivity index (χ3n) is 5.65. The van der Waals surface area contributed by atoms with Crippen molar-refractivity contribution in [2.24, 2.45) is 17.8 Å². The average Bonchev–Trinajstić information content (AvgIpc) is 3.06. The molecule has 0 heterocycles. The number of anilines is 1. The molecule has 2 fully saturated rings. The lowest BCUT2D eigenvalue weighted by Crippen LogP contribution is -2.42. The normalized spacial score (nSPS) is 28.4. The Labute approximate surface area is 127 Å². The summed E-state index contributed by atoms with van der Waals surface area (Å²) in [6.45, 7) is 6.27. The van der Waals surface area contributed by atoms with Crippen LogP contribution >= 0.6 is 0 Å². The zero-order valence-corrected chi connectivity index (χ0v) is 13.3. The minimum absolute atomic E-state index is 0.0704. The van der Waals surface area contributed by atoms with Crippen LogP contribution in [0.3, 0.4) is 0 Å². The predicted octanol–water partition coefficient (Wildman–Crippen LogP) is 4.25. The minimum Gasteiger partial charge on any atom is -0.335 e. The van der Waals surface area contributed by atoms with E-state index in [0.717, 1.165) is 23.1 Å². The first-order valence-corrected chi connectivity index (χ1v) is 8.18. The maximum Gasteiger partial charge on any atom is 0.319 e. The lowest BCUT2D eigenvalue weighted by Gasteiger charge is -2.28. The highest BCUT2D eigenvalue weighted by Gasteiger charge is 2.42. The summed E-state index contributed by atoms with van der Waals surface area (Å²) in [4.78, 5) is 12.2. The van der Waals surface area contributed by atoms with Crippen molar-refractivity contribution in [1.29, 1.82) is 0 Å². The van der Waals surface area contributed by atoms with Crippen LogP contribution in [0.2, 0.25) is 0 Å². The lowest BCUT2D eigenvalue weighted by molar-refractivity contribution is 0.230. The summed E-state index contributed by atoms with van der Waals surface area (Å²) in [5, 5.41) is 6.15. The molecule has 2 saturated carbocycles. The van der Waals surface area contributed by atoms with Crippen LogP contribution in [-0.4, -0.2) is 12.1 Å². The molecule has 114 valence electrons. The first kappa shape index (κ1) is 14.4. The van der Waals surface area contributed by atoms with Crippen molar-refractivity contribution < 1.29 is 4.79 Å². The molecule has 0 saturated heterocycles. The summed E-state index contributed by atoms with van der Waals surface area (Å²) in [7, 11) is 0. The molecule has 0 unspecified atom stereocenters. The van der Waals surface area contributed by atoms with Crippen LogP contribution in [0.4, 0.5) is 10.5 Å². The fraction of sp³-hybridized carbons (Fsp3) is 0.611. The highest BCUT2D eigenvalue weighted by Crippen LogP contribution is 2.49. The zero-order chi connectivity index (χ0) is 15.0. The number of aryl methyl sites for hydroxylation is 1. The van der Waals surface area contributed by atoms with Crippen LogP contribution in [0.15, 0.2) is 18.2 Å². The number of urea groups is 1. The molecule has 1 aromatic carbocycles. The summed E-state index contributed by atoms with van der Waals surface area (Å²) in [5.41, 5.74) is 3.25. The van der Waals surface area contributed by atoms with E-state index in [1.807, 2.05) is 19.1 Å². The third-order valence-corrected chi connectivity index (χ3v) is 5.65. The highest BCUT2D eigenvalue weighted by atomic mass is 16.2. The molecule has 3 heteroatoms. The van der Waals surface area contributed by atoms with Gasteiger partial charge in [0.1, 0.15) is 0 Å². The number of benzene rings is 1. The van der Waals surface area contributed by atoms with Gasteiger partial charge in [0, 0.05) is 11.7 Å². The fourth-order valence-electron chi connectivity index (χ4n) is 4.27. The van der Waals surface area contributed by atoms with Crippen LogP contribution in [0, 0.1) is 31.6 Å². The summed E-state index contributed by atoms with van der Waals surface area (Å²) >= 11 is 0. The molecule has 2 aliphatic rings. The molecule has 0 aliphatic heterocycles. The Morgan fingerprint density at radius 2 is 2.05 bits per heavy atom. The van der Waals surface area contributed by atoms with Gasteiger partial charge in [0.25, 0.3) is 0 Å². The quantitative estimate of drug-likeness (QED) is 0.857. The molecule has 2 amide bonds. The van der Waals surface area contributed by atoms with Crippen molar-refractivity contribution in [2.75, 3.05) is 5.32 Å². The summed E-state index contributed by atoms with van der Waals surface area (Å²) in [6, 6.07) is 6.21. The Kier molecular flexibility index (Phi) is 3.92. The second-order valence-electron chi connectivity index (χ2n) is 6.97. The van der Waals surface area contributed by atoms with Gasteiger partial charge in [-0.1, -0.05) is 18.6 Å². The molecule has 4 atom stereocenters. The number of nitrogens with one attached hydrogen (secondary N) is 2. The van der Waals surface area contributed by atoms with Crippen LogP contribution < -0.4 is 10.6 Å². The molecule has 0 spiro atoms. The monoisotopic (exact) mass is 286 g/mol. The van der Waals surface area contributed by atoms with Gasteiger partial charge in [-0.05, 0) is 75.0 Å². The van der Waals surface area contributed by atoms with Gasteiger partial charge in [-0.2, -0.15) is 0 Å². The molecule has 3 nitrogen and oxygen atoms in total. The van der Waals surface area contributed by atoms with Crippen LogP contribution in [0.25, 0.3) is 0 Å². The van der Waals surface area contributed by atoms with Gasteiger partial charge in [-0.15, -0.1) is 0 Å². The molecule has 2 aliphatic carbocycles. The average molecular weight is 286 g/mol. The Balaban J connectivity index is 1.58. The van der Waals surface area contributed by atoms with Gasteiger partial charge >= 0.3 is 6.03 Å². The van der Waals surface area contributed by atoms with Gasteiger partial charge in [0.2, 0.25) is 0 Å². The van der Waals surface area contributed by atoms with E-state index in [1.54, 1.807) is 0 Å². The lowest BCUT2D eigenvalue weighted by atomic mass is 9.84. The van der Waals surface area contributed by atoms with Gasteiger partial charge < -0.3 is 10.6 Å². The van der Waals surface area contributed by atoms with Gasteiger partial charge in [0.05, 0.1) is 0 Å². The van der Waals surface area contributed by atoms with Crippen molar-refractivity contribution >= 4 is 11.7 Å². The summed E-state index contributed by atoms with van der Waals surface area (Å²) in [6.07, 6.45) is 5.45. The third kappa shape index (κ3) is 2.92. The zero-order valence-electron chi connectivity index (χ0n) is 13.3. The van der Waals surface area contributed by atoms with E-state index in [9.17, 15) is 4.79 Å². The maximum atomic E-state index is 12.2. The number of amides is 2. The topological polar surface area (TPSA) is 41.1 Å². The number of hydrogen-bond acceptors (Lipinski definition) is 1. The Hall–Kier alpha value is -1.51. The van der Waals surface area contributed by atoms with Crippen molar-refractivity contribution in [1.82, 2.24) is 5.32 Å². The van der Waals surface area contributed by atoms with Crippen molar-refractivity contribution in [3.63, 3.8) is 0 Å². The molecular formula is C18H26N2O. The second kappa shape index (κ2) is 5.70. The van der Waals surface area contributed by atoms with Crippen LogP contribution in [0.5, 0.6) is 0 Å². The van der Waals surface area contributed by atoms with Crippen LogP contribution in [0.1, 0.15) is 43.7 Å². The highest BCUT2D eigenvalue weighted by molar-refractivity contribution is 5.90. The van der Waals surface area contributed by atoms with E-state index in [-0.39, 0.29) is 12.1 Å². The first-order valence-electron chi connectivity index (χ1n) is 8.18. The van der Waals surface area contributed by atoms with E-state index in [1.165, 1.54) is 31.2 Å². The smallest absolute Gasteiger partial charge is 0.319 e. The van der Waals surface area contributed by atoms with E-state index in [4.69, 9.17) is 0 Å². The SMILES string of the molecule is Cc1cccc(NC(=O)N[C@@H](C)[C@@H]2C[C@@H]3CC[C@@H]2C3)c1C. The van der Waals surface area contributed by atoms with E-state index >= 15 is 0 Å². The Morgan fingerprint density at radius 3 is 2.71 bits per heavy atom. The van der Waals surface area contributed by atoms with E-state index < -0.39 is 0 Å². The fourth-order valence-corrected chi connectivity index (χ4v) is 4.27. The molecule has 1 aromatic rings. The summed E-state index contributed by atoms with van der Waals surface area (Å²) < 4.78 is 0. The molecule has 0 radical (unpaired) electrons. The first-order chi connectivity index (χ1) is 10.0. The maximum absolute atomic E-state index is 12.2. The largest absolute Gasteiger partial charge is 0.335 e. The van der Waals surface area contributed by atoms with Gasteiger partial charge in [0.15, 0.2) is 0 Å². The standard InChI is InChI=1S/C18H26N2O/c1-11-5-4-6-17(12(11)2)20-18(21)19-13(3)16-10-14-7-8-15(16)9-14/h4-6,13-16H,7-10H2,1-3H3,(H2,19,20,21)/t13-,14+,15+,16-/m0/s1. The molecule has 21 heavy (non-hydrogen) atoms. The molecule has 2 N–H and O–H groups in total. The molecule has 0 aromatic heterocycles. The number of rotatable bonds is 3. The van der Waals surface area contributed by atoms with E-state index in [2.05, 4.69) is 30.5 Å². The predicted molar refractivity (Wildman–Crippen MR) is 86.5 cm³/mol. The molecule has 2 bridgehead atoms. The summed E-state index contributed by atoms with van der Waals surface area (Å²) in [5.74, 6) is 2.44. The van der Waals surface area contributed by atoms with Crippen molar-refractivity contribution in [3.8, 4) is 0 Å².